The molecule has 78 valence electrons. The first-order chi connectivity index (χ1) is 6.76. The average Bonchev–Trinajstić information content (AvgIpc) is 2.14. The van der Waals surface area contributed by atoms with Crippen molar-refractivity contribution in [3.63, 3.8) is 0 Å². The lowest BCUT2D eigenvalue weighted by molar-refractivity contribution is 0.243. The third-order valence-corrected chi connectivity index (χ3v) is 1.91. The molecule has 0 spiro atoms. The third-order valence-electron chi connectivity index (χ3n) is 1.91. The molecule has 1 heterocycles. The van der Waals surface area contributed by atoms with Gasteiger partial charge in [0.15, 0.2) is 0 Å². The zero-order valence-electron chi connectivity index (χ0n) is 8.71. The van der Waals surface area contributed by atoms with Gasteiger partial charge in [0.1, 0.15) is 0 Å². The van der Waals surface area contributed by atoms with Crippen molar-refractivity contribution in [3.8, 4) is 5.95 Å². The lowest BCUT2D eigenvalue weighted by atomic mass is 10.1. The molecular weight excluding hydrogens is 180 g/mol. The van der Waals surface area contributed by atoms with E-state index in [1.54, 1.807) is 6.07 Å². The van der Waals surface area contributed by atoms with Crippen molar-refractivity contribution in [1.82, 2.24) is 0 Å². The van der Waals surface area contributed by atoms with Crippen molar-refractivity contribution in [2.75, 3.05) is 6.61 Å². The van der Waals surface area contributed by atoms with Gasteiger partial charge in [-0.2, -0.15) is 0 Å². The van der Waals surface area contributed by atoms with Crippen LogP contribution in [0.15, 0.2) is 21.3 Å². The Balaban J connectivity index is 2.78. The van der Waals surface area contributed by atoms with Crippen molar-refractivity contribution in [1.29, 1.82) is 0 Å². The van der Waals surface area contributed by atoms with Gasteiger partial charge in [0.25, 0.3) is 5.95 Å². The Morgan fingerprint density at radius 3 is 2.79 bits per heavy atom. The summed E-state index contributed by atoms with van der Waals surface area (Å²) in [6.07, 6.45) is 3.10. The molecule has 1 rings (SSSR count). The van der Waals surface area contributed by atoms with E-state index >= 15 is 0 Å². The zero-order valence-corrected chi connectivity index (χ0v) is 8.71. The summed E-state index contributed by atoms with van der Waals surface area (Å²) in [6, 6.07) is 3.32. The molecule has 0 bridgehead atoms. The monoisotopic (exact) mass is 196 g/mol. The highest BCUT2D eigenvalue weighted by molar-refractivity contribution is 5.17. The lowest BCUT2D eigenvalue weighted by Crippen LogP contribution is -2.02. The molecule has 14 heavy (non-hydrogen) atoms. The molecule has 0 saturated heterocycles. The first kappa shape index (κ1) is 10.8. The van der Waals surface area contributed by atoms with E-state index in [4.69, 9.17) is 9.15 Å². The molecule has 0 fully saturated rings. The molecule has 0 unspecified atom stereocenters. The zero-order chi connectivity index (χ0) is 10.4. The van der Waals surface area contributed by atoms with Gasteiger partial charge in [-0.1, -0.05) is 13.3 Å². The Morgan fingerprint density at radius 1 is 1.36 bits per heavy atom. The fraction of sp³-hybridized carbons (Fsp3) is 0.545. The van der Waals surface area contributed by atoms with Gasteiger partial charge in [-0.15, -0.1) is 0 Å². The van der Waals surface area contributed by atoms with Crippen LogP contribution in [0.1, 0.15) is 32.3 Å². The van der Waals surface area contributed by atoms with Crippen LogP contribution in [0.4, 0.5) is 0 Å². The van der Waals surface area contributed by atoms with Crippen LogP contribution in [0.2, 0.25) is 0 Å². The van der Waals surface area contributed by atoms with Crippen molar-refractivity contribution in [3.05, 3.63) is 28.1 Å². The number of hydrogen-bond donors (Lipinski definition) is 0. The SMILES string of the molecule is CCCCc1cc(OCC)oc(=O)c1. The highest BCUT2D eigenvalue weighted by Gasteiger charge is 2.01. The molecular formula is C11H16O3. The maximum Gasteiger partial charge on any atom is 0.338 e. The Labute approximate surface area is 83.7 Å². The van der Waals surface area contributed by atoms with Crippen molar-refractivity contribution in [2.45, 2.75) is 33.1 Å². The van der Waals surface area contributed by atoms with Crippen molar-refractivity contribution >= 4 is 0 Å². The number of unbranched alkanes of at least 4 members (excludes halogenated alkanes) is 1. The molecule has 1 aromatic rings. The normalized spacial score (nSPS) is 10.1. The van der Waals surface area contributed by atoms with Crippen LogP contribution < -0.4 is 10.4 Å². The molecule has 3 heteroatoms. The van der Waals surface area contributed by atoms with Gasteiger partial charge in [0.05, 0.1) is 6.61 Å². The number of hydrogen-bond acceptors (Lipinski definition) is 3. The quantitative estimate of drug-likeness (QED) is 0.725. The Hall–Kier alpha value is -1.25. The van der Waals surface area contributed by atoms with Crippen molar-refractivity contribution < 1.29 is 9.15 Å². The second-order valence-corrected chi connectivity index (χ2v) is 3.14. The van der Waals surface area contributed by atoms with E-state index in [2.05, 4.69) is 6.92 Å². The standard InChI is InChI=1S/C11H16O3/c1-3-5-6-9-7-10(12)14-11(8-9)13-4-2/h7-8H,3-6H2,1-2H3. The molecule has 0 amide bonds. The smallest absolute Gasteiger partial charge is 0.338 e. The first-order valence-electron chi connectivity index (χ1n) is 5.03. The third kappa shape index (κ3) is 3.24. The molecule has 0 aliphatic rings. The Bertz CT molecular complexity index is 328. The summed E-state index contributed by atoms with van der Waals surface area (Å²) in [7, 11) is 0. The summed E-state index contributed by atoms with van der Waals surface area (Å²) in [5.74, 6) is 0.325. The second-order valence-electron chi connectivity index (χ2n) is 3.14. The van der Waals surface area contributed by atoms with E-state index in [1.165, 1.54) is 6.07 Å². The predicted octanol–water partition coefficient (Wildman–Crippen LogP) is 2.38. The van der Waals surface area contributed by atoms with Crippen LogP contribution in [0.5, 0.6) is 5.95 Å². The summed E-state index contributed by atoms with van der Waals surface area (Å²) >= 11 is 0. The van der Waals surface area contributed by atoms with Gasteiger partial charge in [0.2, 0.25) is 0 Å². The average molecular weight is 196 g/mol. The summed E-state index contributed by atoms with van der Waals surface area (Å²) in [5.41, 5.74) is 0.661. The number of aryl methyl sites for hydroxylation is 1. The van der Waals surface area contributed by atoms with Gasteiger partial charge in [-0.25, -0.2) is 4.79 Å². The fourth-order valence-electron chi connectivity index (χ4n) is 1.24. The van der Waals surface area contributed by atoms with Crippen LogP contribution in [0.25, 0.3) is 0 Å². The largest absolute Gasteiger partial charge is 0.465 e. The molecule has 0 atom stereocenters. The van der Waals surface area contributed by atoms with Gasteiger partial charge in [-0.05, 0) is 25.3 Å². The van der Waals surface area contributed by atoms with Crippen LogP contribution in [-0.4, -0.2) is 6.61 Å². The minimum Gasteiger partial charge on any atom is -0.465 e. The van der Waals surface area contributed by atoms with E-state index in [0.29, 0.717) is 12.6 Å². The Kier molecular flexibility index (Phi) is 4.23. The fourth-order valence-corrected chi connectivity index (χ4v) is 1.24. The molecule has 0 aromatic carbocycles. The summed E-state index contributed by atoms with van der Waals surface area (Å²) in [6.45, 7) is 4.49. The van der Waals surface area contributed by atoms with Crippen LogP contribution >= 0.6 is 0 Å². The number of rotatable bonds is 5. The highest BCUT2D eigenvalue weighted by Crippen LogP contribution is 2.12. The number of ether oxygens (including phenoxy) is 1. The maximum absolute atomic E-state index is 11.1. The Morgan fingerprint density at radius 2 is 2.14 bits per heavy atom. The minimum absolute atomic E-state index is 0.325. The molecule has 3 nitrogen and oxygen atoms in total. The first-order valence-corrected chi connectivity index (χ1v) is 5.03. The predicted molar refractivity (Wildman–Crippen MR) is 54.8 cm³/mol. The van der Waals surface area contributed by atoms with E-state index < -0.39 is 0 Å². The minimum atomic E-state index is -0.331. The van der Waals surface area contributed by atoms with Crippen LogP contribution in [-0.2, 0) is 6.42 Å². The van der Waals surface area contributed by atoms with Gasteiger partial charge < -0.3 is 9.15 Å². The second kappa shape index (κ2) is 5.47. The molecule has 0 radical (unpaired) electrons. The molecule has 0 aliphatic heterocycles. The van der Waals surface area contributed by atoms with Crippen LogP contribution in [0.3, 0.4) is 0 Å². The topological polar surface area (TPSA) is 39.4 Å². The molecule has 0 N–H and O–H groups in total. The van der Waals surface area contributed by atoms with Gasteiger partial charge >= 0.3 is 5.63 Å². The lowest BCUT2D eigenvalue weighted by Gasteiger charge is -2.03. The molecule has 1 aromatic heterocycles. The van der Waals surface area contributed by atoms with Gasteiger partial charge in [0, 0.05) is 12.1 Å². The molecule has 0 saturated carbocycles. The maximum atomic E-state index is 11.1. The van der Waals surface area contributed by atoms with E-state index in [-0.39, 0.29) is 5.63 Å². The molecule has 0 aliphatic carbocycles. The van der Waals surface area contributed by atoms with Crippen molar-refractivity contribution in [2.24, 2.45) is 0 Å². The summed E-state index contributed by atoms with van der Waals surface area (Å²) in [4.78, 5) is 11.1. The highest BCUT2D eigenvalue weighted by atomic mass is 16.6. The summed E-state index contributed by atoms with van der Waals surface area (Å²) in [5, 5.41) is 0. The summed E-state index contributed by atoms with van der Waals surface area (Å²) < 4.78 is 10.0. The van der Waals surface area contributed by atoms with E-state index in [0.717, 1.165) is 24.8 Å². The van der Waals surface area contributed by atoms with E-state index in [1.807, 2.05) is 6.92 Å². The van der Waals surface area contributed by atoms with Crippen LogP contribution in [0, 0.1) is 0 Å². The van der Waals surface area contributed by atoms with Gasteiger partial charge in [-0.3, -0.25) is 0 Å². The van der Waals surface area contributed by atoms with E-state index in [9.17, 15) is 4.79 Å².